The fourth-order valence-corrected chi connectivity index (χ4v) is 1.71. The molecule has 0 amide bonds. The van der Waals surface area contributed by atoms with Crippen molar-refractivity contribution in [1.29, 1.82) is 0 Å². The molecule has 0 unspecified atom stereocenters. The van der Waals surface area contributed by atoms with Crippen molar-refractivity contribution >= 4 is 22.3 Å². The van der Waals surface area contributed by atoms with Crippen LogP contribution in [0.2, 0.25) is 0 Å². The van der Waals surface area contributed by atoms with Crippen LogP contribution in [0, 0.1) is 5.92 Å². The van der Waals surface area contributed by atoms with Gasteiger partial charge in [-0.15, -0.1) is 0 Å². The molecule has 0 saturated carbocycles. The van der Waals surface area contributed by atoms with Gasteiger partial charge in [0.15, 0.2) is 0 Å². The molecule has 0 bridgehead atoms. The van der Waals surface area contributed by atoms with Crippen LogP contribution >= 0.6 is 0 Å². The molecule has 0 saturated heterocycles. The van der Waals surface area contributed by atoms with E-state index in [1.165, 1.54) is 0 Å². The lowest BCUT2D eigenvalue weighted by Gasteiger charge is -2.11. The molecular formula is C13H17F3N2O6S. The van der Waals surface area contributed by atoms with Crippen molar-refractivity contribution in [2.24, 2.45) is 5.92 Å². The van der Waals surface area contributed by atoms with Gasteiger partial charge in [0.25, 0.3) is 0 Å². The maximum absolute atomic E-state index is 12.2. The lowest BCUT2D eigenvalue weighted by molar-refractivity contribution is -0.0514. The van der Waals surface area contributed by atoms with E-state index in [2.05, 4.69) is 9.28 Å². The molecule has 1 aromatic heterocycles. The van der Waals surface area contributed by atoms with Crippen LogP contribution in [-0.4, -0.2) is 42.9 Å². The summed E-state index contributed by atoms with van der Waals surface area (Å²) in [5.74, 6) is -0.787. The molecule has 0 fully saturated rings. The Hall–Kier alpha value is -2.24. The molecule has 1 heterocycles. The third-order valence-electron chi connectivity index (χ3n) is 2.47. The SMILES string of the molecule is CCOC(=O)c1cnn(/C=C\OS(=O)(=O)C(F)(F)F)c1OCC(C)C. The van der Waals surface area contributed by atoms with E-state index in [9.17, 15) is 26.4 Å². The number of hydrogen-bond donors (Lipinski definition) is 0. The van der Waals surface area contributed by atoms with Crippen molar-refractivity contribution in [3.05, 3.63) is 18.0 Å². The van der Waals surface area contributed by atoms with Crippen molar-refractivity contribution in [2.45, 2.75) is 26.3 Å². The number of ether oxygens (including phenoxy) is 2. The minimum absolute atomic E-state index is 0.0640. The van der Waals surface area contributed by atoms with Gasteiger partial charge < -0.3 is 13.7 Å². The van der Waals surface area contributed by atoms with E-state index in [-0.39, 0.29) is 36.8 Å². The van der Waals surface area contributed by atoms with Gasteiger partial charge in [-0.1, -0.05) is 13.8 Å². The first-order valence-corrected chi connectivity index (χ1v) is 8.44. The number of halogens is 3. The molecule has 8 nitrogen and oxygen atoms in total. The Labute approximate surface area is 142 Å². The molecule has 0 aliphatic carbocycles. The van der Waals surface area contributed by atoms with Gasteiger partial charge >= 0.3 is 21.6 Å². The van der Waals surface area contributed by atoms with E-state index in [1.807, 2.05) is 13.8 Å². The van der Waals surface area contributed by atoms with Crippen LogP contribution in [0.15, 0.2) is 12.5 Å². The third-order valence-corrected chi connectivity index (χ3v) is 3.40. The summed E-state index contributed by atoms with van der Waals surface area (Å²) in [6.07, 6.45) is 2.12. The molecule has 0 radical (unpaired) electrons. The van der Waals surface area contributed by atoms with Gasteiger partial charge in [-0.3, -0.25) is 0 Å². The second kappa shape index (κ2) is 8.23. The molecule has 12 heteroatoms. The summed E-state index contributed by atoms with van der Waals surface area (Å²) < 4.78 is 73.0. The van der Waals surface area contributed by atoms with Crippen LogP contribution < -0.4 is 4.74 Å². The van der Waals surface area contributed by atoms with Crippen molar-refractivity contribution in [3.63, 3.8) is 0 Å². The van der Waals surface area contributed by atoms with Crippen LogP contribution in [0.3, 0.4) is 0 Å². The Balaban J connectivity index is 3.06. The number of aromatic nitrogens is 2. The topological polar surface area (TPSA) is 96.7 Å². The molecule has 0 spiro atoms. The van der Waals surface area contributed by atoms with E-state index < -0.39 is 21.6 Å². The molecular weight excluding hydrogens is 369 g/mol. The van der Waals surface area contributed by atoms with Crippen LogP contribution in [-0.2, 0) is 19.0 Å². The number of hydrogen-bond acceptors (Lipinski definition) is 7. The lowest BCUT2D eigenvalue weighted by Crippen LogP contribution is -2.23. The van der Waals surface area contributed by atoms with Gasteiger partial charge in [0.05, 0.1) is 25.6 Å². The van der Waals surface area contributed by atoms with E-state index in [4.69, 9.17) is 9.47 Å². The monoisotopic (exact) mass is 386 g/mol. The smallest absolute Gasteiger partial charge is 0.477 e. The van der Waals surface area contributed by atoms with Crippen LogP contribution in [0.25, 0.3) is 6.20 Å². The average molecular weight is 386 g/mol. The number of carbonyl (C=O) groups excluding carboxylic acids is 1. The molecule has 0 N–H and O–H groups in total. The first-order valence-electron chi connectivity index (χ1n) is 7.03. The zero-order valence-electron chi connectivity index (χ0n) is 13.6. The van der Waals surface area contributed by atoms with Gasteiger partial charge in [0, 0.05) is 0 Å². The van der Waals surface area contributed by atoms with Gasteiger partial charge in [-0.05, 0) is 12.8 Å². The molecule has 1 aromatic rings. The van der Waals surface area contributed by atoms with Crippen molar-refractivity contribution in [2.75, 3.05) is 13.2 Å². The summed E-state index contributed by atoms with van der Waals surface area (Å²) in [6.45, 7) is 5.52. The third kappa shape index (κ3) is 5.66. The largest absolute Gasteiger partial charge is 0.534 e. The van der Waals surface area contributed by atoms with Gasteiger partial charge in [-0.25, -0.2) is 9.48 Å². The molecule has 0 aliphatic heterocycles. The number of nitrogens with zero attached hydrogens (tertiary/aromatic N) is 2. The van der Waals surface area contributed by atoms with Crippen LogP contribution in [0.4, 0.5) is 13.2 Å². The van der Waals surface area contributed by atoms with Gasteiger partial charge in [-0.2, -0.15) is 26.7 Å². The summed E-state index contributed by atoms with van der Waals surface area (Å²) in [5.41, 5.74) is -5.63. The zero-order chi connectivity index (χ0) is 19.3. The summed E-state index contributed by atoms with van der Waals surface area (Å²) in [6, 6.07) is 0. The van der Waals surface area contributed by atoms with Crippen molar-refractivity contribution < 1.29 is 40.0 Å². The quantitative estimate of drug-likeness (QED) is 0.293. The number of carbonyl (C=O) groups is 1. The van der Waals surface area contributed by atoms with Crippen LogP contribution in [0.5, 0.6) is 5.88 Å². The molecule has 142 valence electrons. The van der Waals surface area contributed by atoms with Gasteiger partial charge in [0.1, 0.15) is 11.8 Å². The number of alkyl halides is 3. The number of esters is 1. The highest BCUT2D eigenvalue weighted by atomic mass is 32.2. The van der Waals surface area contributed by atoms with Crippen molar-refractivity contribution in [3.8, 4) is 5.88 Å². The summed E-state index contributed by atoms with van der Waals surface area (Å²) >= 11 is 0. The van der Waals surface area contributed by atoms with E-state index >= 15 is 0 Å². The standard InChI is InChI=1S/C13H17F3N2O6S/c1-4-22-12(19)10-7-17-18(11(10)23-8-9(2)3)5-6-24-25(20,21)13(14,15)16/h5-7,9H,4,8H2,1-3H3/b6-5-. The maximum Gasteiger partial charge on any atom is 0.534 e. The second-order valence-electron chi connectivity index (χ2n) is 5.01. The minimum atomic E-state index is -5.78. The predicted octanol–water partition coefficient (Wildman–Crippen LogP) is 2.39. The first kappa shape index (κ1) is 20.8. The first-order chi connectivity index (χ1) is 11.5. The van der Waals surface area contributed by atoms with Crippen molar-refractivity contribution in [1.82, 2.24) is 9.78 Å². The Morgan fingerprint density at radius 1 is 1.40 bits per heavy atom. The van der Waals surface area contributed by atoms with Crippen LogP contribution in [0.1, 0.15) is 31.1 Å². The zero-order valence-corrected chi connectivity index (χ0v) is 14.4. The summed E-state index contributed by atoms with van der Waals surface area (Å²) in [7, 11) is -5.78. The lowest BCUT2D eigenvalue weighted by atomic mass is 10.2. The van der Waals surface area contributed by atoms with E-state index in [1.54, 1.807) is 6.92 Å². The van der Waals surface area contributed by atoms with E-state index in [0.29, 0.717) is 0 Å². The predicted molar refractivity (Wildman–Crippen MR) is 79.9 cm³/mol. The molecule has 25 heavy (non-hydrogen) atoms. The van der Waals surface area contributed by atoms with E-state index in [0.717, 1.165) is 17.1 Å². The molecule has 0 aromatic carbocycles. The highest BCUT2D eigenvalue weighted by Gasteiger charge is 2.47. The normalized spacial score (nSPS) is 12.6. The fourth-order valence-electron chi connectivity index (χ4n) is 1.41. The Bertz CT molecular complexity index is 725. The average Bonchev–Trinajstić information content (AvgIpc) is 2.87. The minimum Gasteiger partial charge on any atom is -0.477 e. The Morgan fingerprint density at radius 2 is 2.04 bits per heavy atom. The Kier molecular flexibility index (Phi) is 6.85. The van der Waals surface area contributed by atoms with Gasteiger partial charge in [0.2, 0.25) is 5.88 Å². The summed E-state index contributed by atoms with van der Waals surface area (Å²) in [5, 5.41) is 3.73. The number of rotatable bonds is 8. The highest BCUT2D eigenvalue weighted by Crippen LogP contribution is 2.25. The summed E-state index contributed by atoms with van der Waals surface area (Å²) in [4.78, 5) is 11.8. The molecule has 1 rings (SSSR count). The Morgan fingerprint density at radius 3 is 2.56 bits per heavy atom. The maximum atomic E-state index is 12.2. The highest BCUT2D eigenvalue weighted by molar-refractivity contribution is 7.87. The molecule has 0 atom stereocenters. The fraction of sp³-hybridized carbons (Fsp3) is 0.538. The molecule has 0 aliphatic rings. The second-order valence-corrected chi connectivity index (χ2v) is 6.58.